The summed E-state index contributed by atoms with van der Waals surface area (Å²) in [6, 6.07) is 11.4. The maximum absolute atomic E-state index is 13.4. The average Bonchev–Trinajstić information content (AvgIpc) is 3.16. The maximum atomic E-state index is 13.4. The van der Waals surface area contributed by atoms with Gasteiger partial charge in [0.05, 0.1) is 35.6 Å². The van der Waals surface area contributed by atoms with E-state index in [-0.39, 0.29) is 36.5 Å². The van der Waals surface area contributed by atoms with E-state index in [0.29, 0.717) is 23.5 Å². The van der Waals surface area contributed by atoms with Crippen molar-refractivity contribution < 1.29 is 23.8 Å². The lowest BCUT2D eigenvalue weighted by Crippen LogP contribution is -2.47. The molecule has 1 atom stereocenters. The molecule has 2 aromatic heterocycles. The molecule has 0 saturated carbocycles. The number of carbonyl (C=O) groups is 2. The van der Waals surface area contributed by atoms with Crippen LogP contribution in [-0.2, 0) is 50.4 Å². The maximum Gasteiger partial charge on any atom is 0.509 e. The molecule has 5 rings (SSSR count). The third-order valence-electron chi connectivity index (χ3n) is 5.95. The fourth-order valence-electron chi connectivity index (χ4n) is 4.38. The molecule has 0 amide bonds. The molecule has 2 aliphatic rings. The molecule has 0 N–H and O–H groups in total. The molecule has 164 valence electrons. The molecule has 1 aromatic carbocycles. The number of hydrogen-bond acceptors (Lipinski definition) is 8. The topological polar surface area (TPSA) is 96.7 Å². The minimum Gasteiger partial charge on any atom is -0.789 e. The van der Waals surface area contributed by atoms with Crippen molar-refractivity contribution in [2.24, 2.45) is 0 Å². The number of hydrogen-bond donors (Lipinski definition) is 0. The zero-order chi connectivity index (χ0) is 22.5. The SMILES string of the molecule is CC[C@@]1(OC(=O)OCC[S-])C(=O)OCc2c1cc1n(c2=O)Cc2cc3ccccc3nc2-1. The van der Waals surface area contributed by atoms with Crippen molar-refractivity contribution >= 4 is 35.7 Å². The van der Waals surface area contributed by atoms with Crippen molar-refractivity contribution in [3.8, 4) is 11.4 Å². The van der Waals surface area contributed by atoms with Gasteiger partial charge in [0, 0.05) is 16.5 Å². The number of nitrogens with zero attached hydrogens (tertiary/aromatic N) is 2. The van der Waals surface area contributed by atoms with Crippen molar-refractivity contribution in [2.45, 2.75) is 32.1 Å². The lowest BCUT2D eigenvalue weighted by Gasteiger charge is -2.35. The first-order valence-electron chi connectivity index (χ1n) is 10.3. The van der Waals surface area contributed by atoms with E-state index in [9.17, 15) is 14.4 Å². The van der Waals surface area contributed by atoms with Crippen LogP contribution in [0.3, 0.4) is 0 Å². The highest BCUT2D eigenvalue weighted by Crippen LogP contribution is 2.41. The van der Waals surface area contributed by atoms with Gasteiger partial charge in [-0.05, 0) is 24.6 Å². The van der Waals surface area contributed by atoms with Crippen molar-refractivity contribution in [2.75, 3.05) is 12.4 Å². The van der Waals surface area contributed by atoms with E-state index in [2.05, 4.69) is 0 Å². The number of cyclic esters (lactones) is 1. The average molecular weight is 451 g/mol. The van der Waals surface area contributed by atoms with Crippen molar-refractivity contribution in [1.29, 1.82) is 0 Å². The first kappa shape index (κ1) is 20.6. The third kappa shape index (κ3) is 2.99. The minimum absolute atomic E-state index is 0.0208. The van der Waals surface area contributed by atoms with E-state index < -0.39 is 17.7 Å². The number of ether oxygens (including phenoxy) is 3. The molecule has 2 aliphatic heterocycles. The van der Waals surface area contributed by atoms with Gasteiger partial charge in [0.25, 0.3) is 5.56 Å². The molecule has 0 unspecified atom stereocenters. The summed E-state index contributed by atoms with van der Waals surface area (Å²) in [5, 5.41) is 0.978. The second-order valence-electron chi connectivity index (χ2n) is 7.66. The van der Waals surface area contributed by atoms with Crippen LogP contribution in [0.2, 0.25) is 0 Å². The fourth-order valence-corrected chi connectivity index (χ4v) is 4.46. The number of carbonyl (C=O) groups excluding carboxylic acids is 2. The molecular weight excluding hydrogens is 432 g/mol. The molecule has 8 nitrogen and oxygen atoms in total. The molecule has 0 spiro atoms. The number of fused-ring (bicyclic) bond motifs is 5. The Hall–Kier alpha value is -3.33. The molecule has 9 heteroatoms. The number of benzene rings is 1. The number of para-hydroxylation sites is 1. The largest absolute Gasteiger partial charge is 0.789 e. The zero-order valence-corrected chi connectivity index (χ0v) is 18.1. The van der Waals surface area contributed by atoms with Crippen molar-refractivity contribution in [3.63, 3.8) is 0 Å². The molecule has 0 saturated heterocycles. The molecule has 4 heterocycles. The summed E-state index contributed by atoms with van der Waals surface area (Å²) in [7, 11) is 0. The fraction of sp³-hybridized carbons (Fsp3) is 0.304. The molecule has 0 radical (unpaired) electrons. The van der Waals surface area contributed by atoms with Gasteiger partial charge in [0.15, 0.2) is 0 Å². The first-order valence-corrected chi connectivity index (χ1v) is 10.8. The van der Waals surface area contributed by atoms with Gasteiger partial charge in [-0.1, -0.05) is 25.1 Å². The van der Waals surface area contributed by atoms with E-state index in [1.807, 2.05) is 30.3 Å². The Kier molecular flexibility index (Phi) is 4.93. The van der Waals surface area contributed by atoms with Crippen LogP contribution in [0.15, 0.2) is 41.2 Å². The van der Waals surface area contributed by atoms with Gasteiger partial charge in [-0.3, -0.25) is 4.79 Å². The summed E-state index contributed by atoms with van der Waals surface area (Å²) in [6.07, 6.45) is -0.963. The predicted octanol–water partition coefficient (Wildman–Crippen LogP) is 2.79. The van der Waals surface area contributed by atoms with Crippen molar-refractivity contribution in [3.05, 3.63) is 63.4 Å². The second kappa shape index (κ2) is 7.67. The van der Waals surface area contributed by atoms with Crippen molar-refractivity contribution in [1.82, 2.24) is 9.55 Å². The summed E-state index contributed by atoms with van der Waals surface area (Å²) >= 11 is 4.78. The normalized spacial score (nSPS) is 18.5. The van der Waals surface area contributed by atoms with Gasteiger partial charge in [0.1, 0.15) is 6.61 Å². The van der Waals surface area contributed by atoms with Crippen LogP contribution in [0.4, 0.5) is 4.79 Å². The monoisotopic (exact) mass is 451 g/mol. The lowest BCUT2D eigenvalue weighted by molar-refractivity contribution is -0.175. The molecule has 0 aliphatic carbocycles. The van der Waals surface area contributed by atoms with E-state index in [1.54, 1.807) is 17.6 Å². The van der Waals surface area contributed by atoms with Crippen LogP contribution in [0.5, 0.6) is 0 Å². The third-order valence-corrected chi connectivity index (χ3v) is 6.11. The Morgan fingerprint density at radius 1 is 1.28 bits per heavy atom. The summed E-state index contributed by atoms with van der Waals surface area (Å²) in [6.45, 7) is 1.84. The van der Waals surface area contributed by atoms with E-state index in [4.69, 9.17) is 31.8 Å². The summed E-state index contributed by atoms with van der Waals surface area (Å²) in [5.41, 5.74) is 1.46. The Morgan fingerprint density at radius 2 is 2.09 bits per heavy atom. The summed E-state index contributed by atoms with van der Waals surface area (Å²) < 4.78 is 17.3. The van der Waals surface area contributed by atoms with Crippen LogP contribution >= 0.6 is 0 Å². The Labute approximate surface area is 188 Å². The smallest absolute Gasteiger partial charge is 0.509 e. The lowest BCUT2D eigenvalue weighted by atomic mass is 9.85. The summed E-state index contributed by atoms with van der Waals surface area (Å²) in [5.74, 6) is -0.544. The zero-order valence-electron chi connectivity index (χ0n) is 17.3. The summed E-state index contributed by atoms with van der Waals surface area (Å²) in [4.78, 5) is 43.3. The van der Waals surface area contributed by atoms with Crippen LogP contribution in [0.1, 0.15) is 30.0 Å². The van der Waals surface area contributed by atoms with Crippen LogP contribution in [0.25, 0.3) is 22.3 Å². The van der Waals surface area contributed by atoms with Gasteiger partial charge in [0.2, 0.25) is 5.60 Å². The van der Waals surface area contributed by atoms with E-state index in [0.717, 1.165) is 16.5 Å². The highest BCUT2D eigenvalue weighted by atomic mass is 32.1. The highest BCUT2D eigenvalue weighted by Gasteiger charge is 2.50. The Morgan fingerprint density at radius 3 is 2.88 bits per heavy atom. The first-order chi connectivity index (χ1) is 15.5. The van der Waals surface area contributed by atoms with E-state index in [1.165, 1.54) is 0 Å². The highest BCUT2D eigenvalue weighted by molar-refractivity contribution is 7.58. The van der Waals surface area contributed by atoms with Crippen LogP contribution in [0, 0.1) is 0 Å². The Bertz CT molecular complexity index is 1330. The van der Waals surface area contributed by atoms with Gasteiger partial charge < -0.3 is 31.4 Å². The number of pyridine rings is 2. The standard InChI is InChI=1S/C23H20N2O6S/c1-2-23(31-22(28)29-7-8-32)16-10-18-19-14(9-13-5-3-4-6-17(13)24-19)11-25(18)20(26)15(16)12-30-21(23)27/h3-6,9-10,32H,2,7-8,11-12H2,1H3/p-1/t23-/m0/s1. The molecular formula is C23H19N2O6S-. The van der Waals surface area contributed by atoms with Gasteiger partial charge >= 0.3 is 12.1 Å². The van der Waals surface area contributed by atoms with Crippen LogP contribution in [-0.4, -0.2) is 34.0 Å². The van der Waals surface area contributed by atoms with E-state index >= 15 is 0 Å². The molecule has 0 fully saturated rings. The predicted molar refractivity (Wildman–Crippen MR) is 117 cm³/mol. The molecule has 0 bridgehead atoms. The second-order valence-corrected chi connectivity index (χ2v) is 8.07. The number of esters is 1. The molecule has 32 heavy (non-hydrogen) atoms. The number of rotatable bonds is 4. The molecule has 3 aromatic rings. The quantitative estimate of drug-likeness (QED) is 0.345. The Balaban J connectivity index is 1.69. The number of aromatic nitrogens is 2. The van der Waals surface area contributed by atoms with Gasteiger partial charge in [-0.15, -0.1) is 5.75 Å². The van der Waals surface area contributed by atoms with Gasteiger partial charge in [-0.2, -0.15) is 0 Å². The minimum atomic E-state index is -1.78. The van der Waals surface area contributed by atoms with Gasteiger partial charge in [-0.25, -0.2) is 14.6 Å². The van der Waals surface area contributed by atoms with Crippen LogP contribution < -0.4 is 5.56 Å².